The maximum Gasteiger partial charge on any atom is 0.257 e. The second kappa shape index (κ2) is 6.52. The molecule has 24 heavy (non-hydrogen) atoms. The number of nitrogens with one attached hydrogen (secondary N) is 2. The van der Waals surface area contributed by atoms with Gasteiger partial charge in [0.1, 0.15) is 17.1 Å². The SMILES string of the molecule is COc1cc(OC)c(NC(=O)c2cnc3[nH]cc(C)c3c2)cc1Br. The molecule has 2 aromatic heterocycles. The molecule has 6 nitrogen and oxygen atoms in total. The van der Waals surface area contributed by atoms with E-state index in [2.05, 4.69) is 31.2 Å². The van der Waals surface area contributed by atoms with Crippen molar-refractivity contribution in [1.29, 1.82) is 0 Å². The molecule has 2 heterocycles. The van der Waals surface area contributed by atoms with E-state index in [4.69, 9.17) is 9.47 Å². The van der Waals surface area contributed by atoms with Crippen molar-refractivity contribution in [1.82, 2.24) is 9.97 Å². The fourth-order valence-electron chi connectivity index (χ4n) is 2.41. The van der Waals surface area contributed by atoms with Crippen molar-refractivity contribution in [3.05, 3.63) is 46.2 Å². The largest absolute Gasteiger partial charge is 0.495 e. The highest BCUT2D eigenvalue weighted by Crippen LogP contribution is 2.36. The van der Waals surface area contributed by atoms with Crippen molar-refractivity contribution >= 4 is 38.6 Å². The van der Waals surface area contributed by atoms with Gasteiger partial charge in [0.2, 0.25) is 0 Å². The molecule has 7 heteroatoms. The van der Waals surface area contributed by atoms with E-state index in [0.29, 0.717) is 22.7 Å². The second-order valence-electron chi connectivity index (χ2n) is 5.23. The molecule has 1 aromatic carbocycles. The molecule has 0 radical (unpaired) electrons. The number of H-pyrrole nitrogens is 1. The van der Waals surface area contributed by atoms with E-state index in [0.717, 1.165) is 21.1 Å². The Labute approximate surface area is 147 Å². The summed E-state index contributed by atoms with van der Waals surface area (Å²) in [6.45, 7) is 1.96. The van der Waals surface area contributed by atoms with Crippen LogP contribution in [0, 0.1) is 6.92 Å². The van der Waals surface area contributed by atoms with Crippen molar-refractivity contribution in [2.75, 3.05) is 19.5 Å². The molecule has 0 unspecified atom stereocenters. The number of halogens is 1. The first-order chi connectivity index (χ1) is 11.5. The van der Waals surface area contributed by atoms with Gasteiger partial charge in [-0.1, -0.05) is 0 Å². The van der Waals surface area contributed by atoms with Crippen molar-refractivity contribution in [3.63, 3.8) is 0 Å². The number of amides is 1. The monoisotopic (exact) mass is 389 g/mol. The van der Waals surface area contributed by atoms with Crippen LogP contribution in [0.3, 0.4) is 0 Å². The van der Waals surface area contributed by atoms with Gasteiger partial charge in [-0.2, -0.15) is 0 Å². The van der Waals surface area contributed by atoms with Gasteiger partial charge in [-0.25, -0.2) is 4.98 Å². The van der Waals surface area contributed by atoms with Crippen molar-refractivity contribution in [2.45, 2.75) is 6.92 Å². The van der Waals surface area contributed by atoms with Crippen LogP contribution in [-0.4, -0.2) is 30.1 Å². The summed E-state index contributed by atoms with van der Waals surface area (Å²) in [6.07, 6.45) is 3.40. The lowest BCUT2D eigenvalue weighted by Gasteiger charge is -2.13. The number of fused-ring (bicyclic) bond motifs is 1. The first-order valence-electron chi connectivity index (χ1n) is 7.20. The maximum absolute atomic E-state index is 12.6. The minimum Gasteiger partial charge on any atom is -0.495 e. The molecule has 0 spiro atoms. The molecule has 0 aliphatic heterocycles. The fraction of sp³-hybridized carbons (Fsp3) is 0.176. The van der Waals surface area contributed by atoms with E-state index in [9.17, 15) is 4.79 Å². The number of nitrogens with zero attached hydrogens (tertiary/aromatic N) is 1. The van der Waals surface area contributed by atoms with Crippen LogP contribution in [-0.2, 0) is 0 Å². The Morgan fingerprint density at radius 2 is 1.96 bits per heavy atom. The number of aromatic nitrogens is 2. The number of aromatic amines is 1. The van der Waals surface area contributed by atoms with Gasteiger partial charge in [-0.3, -0.25) is 4.79 Å². The first-order valence-corrected chi connectivity index (χ1v) is 7.99. The maximum atomic E-state index is 12.6. The Morgan fingerprint density at radius 1 is 1.21 bits per heavy atom. The van der Waals surface area contributed by atoms with E-state index in [1.165, 1.54) is 7.11 Å². The number of pyridine rings is 1. The molecule has 0 aliphatic rings. The van der Waals surface area contributed by atoms with Gasteiger partial charge >= 0.3 is 0 Å². The molecule has 0 saturated heterocycles. The fourth-order valence-corrected chi connectivity index (χ4v) is 2.92. The summed E-state index contributed by atoms with van der Waals surface area (Å²) < 4.78 is 11.3. The van der Waals surface area contributed by atoms with E-state index in [1.807, 2.05) is 19.2 Å². The number of hydrogen-bond acceptors (Lipinski definition) is 4. The summed E-state index contributed by atoms with van der Waals surface area (Å²) >= 11 is 3.41. The molecular formula is C17H16BrN3O3. The zero-order chi connectivity index (χ0) is 17.3. The number of rotatable bonds is 4. The van der Waals surface area contributed by atoms with Crippen LogP contribution in [0.25, 0.3) is 11.0 Å². The number of carbonyl (C=O) groups is 1. The minimum absolute atomic E-state index is 0.264. The third-order valence-electron chi connectivity index (χ3n) is 3.72. The number of ether oxygens (including phenoxy) is 2. The van der Waals surface area contributed by atoms with Gasteiger partial charge in [0.05, 0.1) is 29.9 Å². The van der Waals surface area contributed by atoms with Crippen LogP contribution < -0.4 is 14.8 Å². The Kier molecular flexibility index (Phi) is 4.44. The van der Waals surface area contributed by atoms with E-state index in [-0.39, 0.29) is 5.91 Å². The zero-order valence-electron chi connectivity index (χ0n) is 13.4. The van der Waals surface area contributed by atoms with Gasteiger partial charge in [0.25, 0.3) is 5.91 Å². The highest BCUT2D eigenvalue weighted by Gasteiger charge is 2.15. The minimum atomic E-state index is -0.264. The predicted molar refractivity (Wildman–Crippen MR) is 96.0 cm³/mol. The predicted octanol–water partition coefficient (Wildman–Crippen LogP) is 3.90. The molecule has 0 saturated carbocycles. The van der Waals surface area contributed by atoms with Gasteiger partial charge in [0, 0.05) is 23.8 Å². The summed E-state index contributed by atoms with van der Waals surface area (Å²) in [4.78, 5) is 19.9. The van der Waals surface area contributed by atoms with Gasteiger partial charge < -0.3 is 19.8 Å². The molecule has 124 valence electrons. The Hall–Kier alpha value is -2.54. The van der Waals surface area contributed by atoms with Crippen molar-refractivity contribution < 1.29 is 14.3 Å². The highest BCUT2D eigenvalue weighted by molar-refractivity contribution is 9.10. The first kappa shape index (κ1) is 16.3. The molecule has 0 fully saturated rings. The molecule has 3 aromatic rings. The van der Waals surface area contributed by atoms with Crippen molar-refractivity contribution in [3.8, 4) is 11.5 Å². The van der Waals surface area contributed by atoms with E-state index in [1.54, 1.807) is 25.4 Å². The lowest BCUT2D eigenvalue weighted by Crippen LogP contribution is -2.13. The molecule has 3 rings (SSSR count). The van der Waals surface area contributed by atoms with Crippen LogP contribution in [0.2, 0.25) is 0 Å². The molecular weight excluding hydrogens is 374 g/mol. The number of aryl methyl sites for hydroxylation is 1. The standard InChI is InChI=1S/C17H16BrN3O3/c1-9-7-19-16-11(9)4-10(8-20-16)17(22)21-13-5-12(18)14(23-2)6-15(13)24-3/h4-8H,1-3H3,(H,19,20)(H,21,22). The van der Waals surface area contributed by atoms with E-state index >= 15 is 0 Å². The lowest BCUT2D eigenvalue weighted by atomic mass is 10.1. The van der Waals surface area contributed by atoms with Gasteiger partial charge in [-0.15, -0.1) is 0 Å². The Morgan fingerprint density at radius 3 is 2.67 bits per heavy atom. The third kappa shape index (κ3) is 2.94. The normalized spacial score (nSPS) is 10.7. The summed E-state index contributed by atoms with van der Waals surface area (Å²) in [6, 6.07) is 5.26. The molecule has 0 bridgehead atoms. The Balaban J connectivity index is 1.93. The summed E-state index contributed by atoms with van der Waals surface area (Å²) in [7, 11) is 3.10. The topological polar surface area (TPSA) is 76.2 Å². The smallest absolute Gasteiger partial charge is 0.257 e. The number of methoxy groups -OCH3 is 2. The van der Waals surface area contributed by atoms with Crippen LogP contribution >= 0.6 is 15.9 Å². The summed E-state index contributed by atoms with van der Waals surface area (Å²) in [5, 5.41) is 3.77. The molecule has 2 N–H and O–H groups in total. The second-order valence-corrected chi connectivity index (χ2v) is 6.09. The van der Waals surface area contributed by atoms with Crippen molar-refractivity contribution in [2.24, 2.45) is 0 Å². The third-order valence-corrected chi connectivity index (χ3v) is 4.34. The number of hydrogen-bond donors (Lipinski definition) is 2. The Bertz CT molecular complexity index is 921. The summed E-state index contributed by atoms with van der Waals surface area (Å²) in [5.74, 6) is 0.867. The number of anilines is 1. The van der Waals surface area contributed by atoms with Crippen LogP contribution in [0.4, 0.5) is 5.69 Å². The number of benzene rings is 1. The average molecular weight is 390 g/mol. The highest BCUT2D eigenvalue weighted by atomic mass is 79.9. The lowest BCUT2D eigenvalue weighted by molar-refractivity contribution is 0.102. The van der Waals surface area contributed by atoms with Gasteiger partial charge in [0.15, 0.2) is 0 Å². The zero-order valence-corrected chi connectivity index (χ0v) is 15.0. The van der Waals surface area contributed by atoms with Crippen LogP contribution in [0.15, 0.2) is 35.1 Å². The van der Waals surface area contributed by atoms with Crippen LogP contribution in [0.5, 0.6) is 11.5 Å². The molecule has 0 atom stereocenters. The van der Waals surface area contributed by atoms with E-state index < -0.39 is 0 Å². The van der Waals surface area contributed by atoms with Gasteiger partial charge in [-0.05, 0) is 40.5 Å². The average Bonchev–Trinajstić information content (AvgIpc) is 2.96. The quantitative estimate of drug-likeness (QED) is 0.709. The number of carbonyl (C=O) groups excluding carboxylic acids is 1. The molecule has 0 aliphatic carbocycles. The summed E-state index contributed by atoms with van der Waals surface area (Å²) in [5.41, 5.74) is 2.81. The van der Waals surface area contributed by atoms with Crippen LogP contribution in [0.1, 0.15) is 15.9 Å². The molecule has 1 amide bonds.